The van der Waals surface area contributed by atoms with Crippen LogP contribution in [-0.2, 0) is 4.74 Å². The van der Waals surface area contributed by atoms with Gasteiger partial charge in [-0.25, -0.2) is 4.79 Å². The van der Waals surface area contributed by atoms with Gasteiger partial charge in [0, 0.05) is 31.6 Å². The zero-order chi connectivity index (χ0) is 21.4. The summed E-state index contributed by atoms with van der Waals surface area (Å²) in [6.45, 7) is 8.21. The Bertz CT molecular complexity index is 865. The topological polar surface area (TPSA) is 109 Å². The van der Waals surface area contributed by atoms with Crippen molar-refractivity contribution in [2.24, 2.45) is 5.41 Å². The molecule has 0 N–H and O–H groups in total. The third kappa shape index (κ3) is 4.21. The Morgan fingerprint density at radius 1 is 1.31 bits per heavy atom. The van der Waals surface area contributed by atoms with Crippen molar-refractivity contribution < 1.29 is 19.2 Å². The molecular weight excluding hydrogens is 376 g/mol. The van der Waals surface area contributed by atoms with Gasteiger partial charge in [-0.3, -0.25) is 10.1 Å². The number of ether oxygens (including phenoxy) is 2. The Morgan fingerprint density at radius 2 is 2.00 bits per heavy atom. The summed E-state index contributed by atoms with van der Waals surface area (Å²) in [7, 11) is 1.45. The third-order valence-corrected chi connectivity index (χ3v) is 5.32. The molecule has 2 fully saturated rings. The summed E-state index contributed by atoms with van der Waals surface area (Å²) in [6.07, 6.45) is 1.59. The van der Waals surface area contributed by atoms with E-state index in [0.717, 1.165) is 12.8 Å². The summed E-state index contributed by atoms with van der Waals surface area (Å²) < 4.78 is 10.8. The largest absolute Gasteiger partial charge is 0.494 e. The van der Waals surface area contributed by atoms with E-state index in [1.165, 1.54) is 19.2 Å². The number of amides is 1. The third-order valence-electron chi connectivity index (χ3n) is 5.32. The number of likely N-dealkylation sites (tertiary alicyclic amines) is 1. The van der Waals surface area contributed by atoms with Crippen LogP contribution in [0.15, 0.2) is 12.1 Å². The van der Waals surface area contributed by atoms with Crippen molar-refractivity contribution in [2.45, 2.75) is 39.2 Å². The second-order valence-electron chi connectivity index (χ2n) is 8.77. The summed E-state index contributed by atoms with van der Waals surface area (Å²) in [5.41, 5.74) is -0.181. The van der Waals surface area contributed by atoms with E-state index in [1.807, 2.05) is 31.7 Å². The van der Waals surface area contributed by atoms with E-state index in [1.54, 1.807) is 4.90 Å². The molecule has 0 aliphatic carbocycles. The van der Waals surface area contributed by atoms with E-state index in [4.69, 9.17) is 9.47 Å². The molecule has 9 heteroatoms. The highest BCUT2D eigenvalue weighted by molar-refractivity contribution is 5.70. The number of nitrogens with zero attached hydrogens (tertiary/aromatic N) is 4. The molecule has 2 heterocycles. The van der Waals surface area contributed by atoms with Crippen molar-refractivity contribution in [1.82, 2.24) is 4.90 Å². The zero-order valence-corrected chi connectivity index (χ0v) is 17.2. The first-order valence-electron chi connectivity index (χ1n) is 9.57. The molecule has 0 bridgehead atoms. The second-order valence-corrected chi connectivity index (χ2v) is 8.77. The Balaban J connectivity index is 1.75. The van der Waals surface area contributed by atoms with Gasteiger partial charge in [-0.05, 0) is 39.7 Å². The molecule has 156 valence electrons. The van der Waals surface area contributed by atoms with Crippen LogP contribution >= 0.6 is 0 Å². The molecule has 3 rings (SSSR count). The predicted octanol–water partition coefficient (Wildman–Crippen LogP) is 3.31. The molecule has 1 spiro atoms. The summed E-state index contributed by atoms with van der Waals surface area (Å²) in [4.78, 5) is 26.9. The summed E-state index contributed by atoms with van der Waals surface area (Å²) >= 11 is 0. The standard InChI is InChI=1S/C20H26N4O5/c1-19(2,3)29-18(25)22-7-5-6-20(11-22)12-23(13-20)16-8-14(10-21)15(24(26)27)9-17(16)28-4/h8-9H,5-7,11-13H2,1-4H3. The van der Waals surface area contributed by atoms with Gasteiger partial charge in [-0.1, -0.05) is 0 Å². The Kier molecular flexibility index (Phi) is 5.30. The van der Waals surface area contributed by atoms with Crippen molar-refractivity contribution in [3.05, 3.63) is 27.8 Å². The number of rotatable bonds is 3. The number of nitro benzene ring substituents is 1. The van der Waals surface area contributed by atoms with Gasteiger partial charge < -0.3 is 19.3 Å². The number of hydrogen-bond acceptors (Lipinski definition) is 7. The fourth-order valence-corrected chi connectivity index (χ4v) is 4.09. The Hall–Kier alpha value is -3.02. The monoisotopic (exact) mass is 402 g/mol. The molecule has 2 aliphatic heterocycles. The molecule has 1 aromatic carbocycles. The van der Waals surface area contributed by atoms with Crippen molar-refractivity contribution in [2.75, 3.05) is 38.2 Å². The average Bonchev–Trinajstić information content (AvgIpc) is 2.63. The number of carbonyl (C=O) groups excluding carboxylic acids is 1. The lowest BCUT2D eigenvalue weighted by Gasteiger charge is -2.55. The van der Waals surface area contributed by atoms with Crippen LogP contribution in [0.4, 0.5) is 16.2 Å². The van der Waals surface area contributed by atoms with Gasteiger partial charge in [0.25, 0.3) is 5.69 Å². The average molecular weight is 402 g/mol. The minimum atomic E-state index is -0.581. The van der Waals surface area contributed by atoms with E-state index in [-0.39, 0.29) is 22.8 Å². The minimum Gasteiger partial charge on any atom is -0.494 e. The van der Waals surface area contributed by atoms with Gasteiger partial charge in [0.1, 0.15) is 23.0 Å². The quantitative estimate of drug-likeness (QED) is 0.563. The van der Waals surface area contributed by atoms with E-state index in [2.05, 4.69) is 0 Å². The van der Waals surface area contributed by atoms with E-state index >= 15 is 0 Å². The molecule has 29 heavy (non-hydrogen) atoms. The highest BCUT2D eigenvalue weighted by Crippen LogP contribution is 2.45. The zero-order valence-electron chi connectivity index (χ0n) is 17.2. The summed E-state index contributed by atoms with van der Waals surface area (Å²) in [5, 5.41) is 20.5. The lowest BCUT2D eigenvalue weighted by molar-refractivity contribution is -0.385. The van der Waals surface area contributed by atoms with Gasteiger partial charge in [-0.15, -0.1) is 0 Å². The smallest absolute Gasteiger partial charge is 0.410 e. The number of methoxy groups -OCH3 is 1. The van der Waals surface area contributed by atoms with Crippen molar-refractivity contribution in [3.8, 4) is 11.8 Å². The lowest BCUT2D eigenvalue weighted by atomic mass is 9.73. The van der Waals surface area contributed by atoms with Gasteiger partial charge in [-0.2, -0.15) is 5.26 Å². The first-order chi connectivity index (χ1) is 13.6. The van der Waals surface area contributed by atoms with Crippen molar-refractivity contribution in [1.29, 1.82) is 5.26 Å². The SMILES string of the molecule is COc1cc([N+](=O)[O-])c(C#N)cc1N1CC2(CCCN(C(=O)OC(C)(C)C)C2)C1. The Morgan fingerprint density at radius 3 is 2.55 bits per heavy atom. The number of piperidine rings is 1. The molecule has 0 aromatic heterocycles. The maximum atomic E-state index is 12.4. The van der Waals surface area contributed by atoms with Crippen molar-refractivity contribution >= 4 is 17.5 Å². The van der Waals surface area contributed by atoms with Crippen molar-refractivity contribution in [3.63, 3.8) is 0 Å². The molecule has 0 radical (unpaired) electrons. The molecule has 0 atom stereocenters. The first-order valence-corrected chi connectivity index (χ1v) is 9.57. The fraction of sp³-hybridized carbons (Fsp3) is 0.600. The molecule has 2 saturated heterocycles. The molecule has 0 unspecified atom stereocenters. The fourth-order valence-electron chi connectivity index (χ4n) is 4.09. The number of benzene rings is 1. The maximum absolute atomic E-state index is 12.4. The highest BCUT2D eigenvalue weighted by atomic mass is 16.6. The maximum Gasteiger partial charge on any atom is 0.410 e. The number of hydrogen-bond donors (Lipinski definition) is 0. The predicted molar refractivity (Wildman–Crippen MR) is 106 cm³/mol. The Labute approximate surface area is 169 Å². The molecule has 2 aliphatic rings. The van der Waals surface area contributed by atoms with Crippen LogP contribution < -0.4 is 9.64 Å². The van der Waals surface area contributed by atoms with E-state index in [9.17, 15) is 20.2 Å². The lowest BCUT2D eigenvalue weighted by Crippen LogP contribution is -2.64. The summed E-state index contributed by atoms with van der Waals surface area (Å²) in [6, 6.07) is 4.70. The minimum absolute atomic E-state index is 0.00535. The van der Waals surface area contributed by atoms with E-state index in [0.29, 0.717) is 37.6 Å². The van der Waals surface area contributed by atoms with Crippen LogP contribution in [0.2, 0.25) is 0 Å². The van der Waals surface area contributed by atoms with Crippen LogP contribution in [0.5, 0.6) is 5.75 Å². The molecule has 0 saturated carbocycles. The van der Waals surface area contributed by atoms with Gasteiger partial charge >= 0.3 is 6.09 Å². The number of carbonyl (C=O) groups is 1. The van der Waals surface area contributed by atoms with Crippen LogP contribution in [0.25, 0.3) is 0 Å². The van der Waals surface area contributed by atoms with Gasteiger partial charge in [0.15, 0.2) is 0 Å². The van der Waals surface area contributed by atoms with Gasteiger partial charge in [0.2, 0.25) is 0 Å². The van der Waals surface area contributed by atoms with E-state index < -0.39 is 10.5 Å². The first kappa shape index (κ1) is 20.7. The number of nitriles is 1. The number of anilines is 1. The second kappa shape index (κ2) is 7.43. The normalized spacial score (nSPS) is 18.0. The molecule has 1 amide bonds. The van der Waals surface area contributed by atoms with Crippen LogP contribution in [0.3, 0.4) is 0 Å². The number of nitro groups is 1. The van der Waals surface area contributed by atoms with Crippen LogP contribution in [0.1, 0.15) is 39.2 Å². The molecule has 9 nitrogen and oxygen atoms in total. The van der Waals surface area contributed by atoms with Crippen LogP contribution in [0, 0.1) is 26.9 Å². The molecular formula is C20H26N4O5. The highest BCUT2D eigenvalue weighted by Gasteiger charge is 2.48. The van der Waals surface area contributed by atoms with Gasteiger partial charge in [0.05, 0.1) is 23.8 Å². The van der Waals surface area contributed by atoms with Crippen LogP contribution in [-0.4, -0.2) is 54.8 Å². The molecule has 1 aromatic rings. The summed E-state index contributed by atoms with van der Waals surface area (Å²) in [5.74, 6) is 0.366.